The van der Waals surface area contributed by atoms with Crippen LogP contribution in [0.3, 0.4) is 0 Å². The first-order valence-corrected chi connectivity index (χ1v) is 6.62. The number of nitrogens with zero attached hydrogens (tertiary/aromatic N) is 2. The average Bonchev–Trinajstić information content (AvgIpc) is 3.17. The first-order chi connectivity index (χ1) is 8.33. The van der Waals surface area contributed by atoms with Crippen LogP contribution in [0.4, 0.5) is 0 Å². The van der Waals surface area contributed by atoms with Crippen LogP contribution in [-0.2, 0) is 6.54 Å². The van der Waals surface area contributed by atoms with Crippen LogP contribution >= 0.6 is 0 Å². The lowest BCUT2D eigenvalue weighted by atomic mass is 9.98. The Morgan fingerprint density at radius 2 is 2.00 bits per heavy atom. The van der Waals surface area contributed by atoms with E-state index in [-0.39, 0.29) is 5.56 Å². The van der Waals surface area contributed by atoms with Crippen molar-refractivity contribution in [2.75, 3.05) is 13.1 Å². The minimum atomic E-state index is 0.0490. The molecule has 1 aromatic heterocycles. The third kappa shape index (κ3) is 2.57. The Labute approximate surface area is 101 Å². The lowest BCUT2D eigenvalue weighted by Crippen LogP contribution is -2.33. The molecule has 0 amide bonds. The van der Waals surface area contributed by atoms with Crippen molar-refractivity contribution >= 4 is 0 Å². The fourth-order valence-electron chi connectivity index (χ4n) is 2.50. The van der Waals surface area contributed by atoms with E-state index in [2.05, 4.69) is 10.4 Å². The highest BCUT2D eigenvalue weighted by molar-refractivity contribution is 5.12. The summed E-state index contributed by atoms with van der Waals surface area (Å²) in [5.41, 5.74) is 1.16. The maximum absolute atomic E-state index is 11.8. The van der Waals surface area contributed by atoms with E-state index in [0.29, 0.717) is 11.8 Å². The first kappa shape index (κ1) is 11.0. The summed E-state index contributed by atoms with van der Waals surface area (Å²) in [5, 5.41) is 7.86. The smallest absolute Gasteiger partial charge is 0.266 e. The van der Waals surface area contributed by atoms with Crippen molar-refractivity contribution in [1.82, 2.24) is 15.1 Å². The van der Waals surface area contributed by atoms with Crippen molar-refractivity contribution in [2.24, 2.45) is 5.92 Å². The summed E-state index contributed by atoms with van der Waals surface area (Å²) >= 11 is 0. The third-order valence-electron chi connectivity index (χ3n) is 3.77. The van der Waals surface area contributed by atoms with Gasteiger partial charge in [0, 0.05) is 18.5 Å². The molecule has 17 heavy (non-hydrogen) atoms. The summed E-state index contributed by atoms with van der Waals surface area (Å²) in [4.78, 5) is 11.8. The molecule has 0 bridgehead atoms. The van der Waals surface area contributed by atoms with Gasteiger partial charge in [0.1, 0.15) is 0 Å². The zero-order valence-electron chi connectivity index (χ0n) is 10.1. The topological polar surface area (TPSA) is 46.9 Å². The zero-order chi connectivity index (χ0) is 11.7. The summed E-state index contributed by atoms with van der Waals surface area (Å²) in [7, 11) is 0. The lowest BCUT2D eigenvalue weighted by molar-refractivity contribution is 0.314. The number of nitrogens with one attached hydrogen (secondary N) is 1. The number of aromatic nitrogens is 2. The van der Waals surface area contributed by atoms with Crippen LogP contribution in [0.5, 0.6) is 0 Å². The van der Waals surface area contributed by atoms with Crippen LogP contribution in [0.15, 0.2) is 16.9 Å². The number of piperidine rings is 1. The molecule has 2 fully saturated rings. The number of hydrogen-bond donors (Lipinski definition) is 1. The zero-order valence-corrected chi connectivity index (χ0v) is 10.1. The van der Waals surface area contributed by atoms with Gasteiger partial charge in [0.2, 0.25) is 0 Å². The van der Waals surface area contributed by atoms with E-state index in [1.807, 2.05) is 6.07 Å². The Morgan fingerprint density at radius 1 is 1.24 bits per heavy atom. The van der Waals surface area contributed by atoms with Crippen LogP contribution in [0.1, 0.15) is 37.3 Å². The highest BCUT2D eigenvalue weighted by Gasteiger charge is 2.25. The normalized spacial score (nSPS) is 21.6. The van der Waals surface area contributed by atoms with Crippen molar-refractivity contribution < 1.29 is 0 Å². The number of hydrogen-bond acceptors (Lipinski definition) is 3. The minimum Gasteiger partial charge on any atom is -0.317 e. The SMILES string of the molecule is O=c1ccc(C2CC2)nn1CC1CCNCC1. The summed E-state index contributed by atoms with van der Waals surface area (Å²) in [6, 6.07) is 3.58. The molecule has 2 aliphatic rings. The molecule has 0 spiro atoms. The van der Waals surface area contributed by atoms with Gasteiger partial charge in [-0.2, -0.15) is 5.10 Å². The molecule has 1 N–H and O–H groups in total. The van der Waals surface area contributed by atoms with Gasteiger partial charge in [-0.15, -0.1) is 0 Å². The van der Waals surface area contributed by atoms with Gasteiger partial charge in [0.05, 0.1) is 5.69 Å². The predicted octanol–water partition coefficient (Wildman–Crippen LogP) is 1.12. The molecule has 1 saturated carbocycles. The van der Waals surface area contributed by atoms with E-state index in [1.165, 1.54) is 12.8 Å². The van der Waals surface area contributed by atoms with Crippen LogP contribution in [0.2, 0.25) is 0 Å². The highest BCUT2D eigenvalue weighted by atomic mass is 16.1. The third-order valence-corrected chi connectivity index (χ3v) is 3.77. The Morgan fingerprint density at radius 3 is 2.71 bits per heavy atom. The molecule has 2 heterocycles. The molecular formula is C13H19N3O. The van der Waals surface area contributed by atoms with Crippen molar-refractivity contribution in [3.63, 3.8) is 0 Å². The van der Waals surface area contributed by atoms with E-state index in [0.717, 1.165) is 38.2 Å². The Balaban J connectivity index is 1.75. The van der Waals surface area contributed by atoms with Crippen molar-refractivity contribution in [3.05, 3.63) is 28.2 Å². The molecule has 1 aromatic rings. The molecule has 92 valence electrons. The second-order valence-corrected chi connectivity index (χ2v) is 5.25. The highest BCUT2D eigenvalue weighted by Crippen LogP contribution is 2.38. The van der Waals surface area contributed by atoms with Gasteiger partial charge < -0.3 is 5.32 Å². The average molecular weight is 233 g/mol. The Bertz CT molecular complexity index is 444. The fraction of sp³-hybridized carbons (Fsp3) is 0.692. The predicted molar refractivity (Wildman–Crippen MR) is 66.1 cm³/mol. The molecule has 0 radical (unpaired) electrons. The molecule has 1 aliphatic carbocycles. The molecule has 1 saturated heterocycles. The lowest BCUT2D eigenvalue weighted by Gasteiger charge is -2.22. The first-order valence-electron chi connectivity index (χ1n) is 6.62. The minimum absolute atomic E-state index is 0.0490. The van der Waals surface area contributed by atoms with Gasteiger partial charge >= 0.3 is 0 Å². The second-order valence-electron chi connectivity index (χ2n) is 5.25. The summed E-state index contributed by atoms with van der Waals surface area (Å²) in [6.45, 7) is 2.94. The van der Waals surface area contributed by atoms with Gasteiger partial charge in [-0.25, -0.2) is 4.68 Å². The fourth-order valence-corrected chi connectivity index (χ4v) is 2.50. The van der Waals surface area contributed by atoms with Gasteiger partial charge in [0.25, 0.3) is 5.56 Å². The van der Waals surface area contributed by atoms with Gasteiger partial charge in [-0.05, 0) is 50.8 Å². The van der Waals surface area contributed by atoms with Crippen LogP contribution in [0, 0.1) is 5.92 Å². The van der Waals surface area contributed by atoms with E-state index < -0.39 is 0 Å². The van der Waals surface area contributed by atoms with Crippen LogP contribution in [0.25, 0.3) is 0 Å². The van der Waals surface area contributed by atoms with E-state index in [1.54, 1.807) is 10.7 Å². The molecule has 3 rings (SSSR count). The Hall–Kier alpha value is -1.16. The summed E-state index contributed by atoms with van der Waals surface area (Å²) < 4.78 is 1.68. The van der Waals surface area contributed by atoms with Gasteiger partial charge in [-0.3, -0.25) is 4.79 Å². The monoisotopic (exact) mass is 233 g/mol. The molecule has 0 aromatic carbocycles. The van der Waals surface area contributed by atoms with E-state index in [9.17, 15) is 4.79 Å². The van der Waals surface area contributed by atoms with E-state index >= 15 is 0 Å². The van der Waals surface area contributed by atoms with Gasteiger partial charge in [-0.1, -0.05) is 0 Å². The molecule has 0 atom stereocenters. The summed E-state index contributed by atoms with van der Waals surface area (Å²) in [5.74, 6) is 1.23. The van der Waals surface area contributed by atoms with E-state index in [4.69, 9.17) is 0 Å². The van der Waals surface area contributed by atoms with Crippen molar-refractivity contribution in [3.8, 4) is 0 Å². The van der Waals surface area contributed by atoms with Crippen LogP contribution < -0.4 is 10.9 Å². The second kappa shape index (κ2) is 4.61. The quantitative estimate of drug-likeness (QED) is 0.851. The molecule has 1 aliphatic heterocycles. The molecular weight excluding hydrogens is 214 g/mol. The Kier molecular flexibility index (Phi) is 2.97. The maximum atomic E-state index is 11.8. The van der Waals surface area contributed by atoms with Gasteiger partial charge in [0.15, 0.2) is 0 Å². The van der Waals surface area contributed by atoms with Crippen LogP contribution in [-0.4, -0.2) is 22.9 Å². The maximum Gasteiger partial charge on any atom is 0.266 e. The standard InChI is InChI=1S/C13H19N3O/c17-13-4-3-12(11-1-2-11)15-16(13)9-10-5-7-14-8-6-10/h3-4,10-11,14H,1-2,5-9H2. The van der Waals surface area contributed by atoms with Crippen molar-refractivity contribution in [2.45, 2.75) is 38.1 Å². The van der Waals surface area contributed by atoms with Crippen molar-refractivity contribution in [1.29, 1.82) is 0 Å². The largest absolute Gasteiger partial charge is 0.317 e. The molecule has 4 heteroatoms. The summed E-state index contributed by atoms with van der Waals surface area (Å²) in [6.07, 6.45) is 4.78. The molecule has 4 nitrogen and oxygen atoms in total. The molecule has 0 unspecified atom stereocenters. The number of rotatable bonds is 3.